The van der Waals surface area contributed by atoms with Crippen LogP contribution in [0.4, 0.5) is 5.82 Å². The molecule has 3 rings (SSSR count). The average Bonchev–Trinajstić information content (AvgIpc) is 2.61. The maximum absolute atomic E-state index is 11.4. The van der Waals surface area contributed by atoms with Crippen molar-refractivity contribution in [2.75, 3.05) is 25.0 Å². The molecule has 1 aliphatic rings. The standard InChI is InChI=1S/C19H22N4O/c1-14(24)23-10-7-15(8-11-23)6-9-21-19-17(13-20)12-16-4-2-3-5-18(16)22-19/h2-5,12,15H,6-11H2,1H3,(H,21,22). The van der Waals surface area contributed by atoms with Gasteiger partial charge in [-0.25, -0.2) is 4.98 Å². The first-order chi connectivity index (χ1) is 11.7. The van der Waals surface area contributed by atoms with Crippen LogP contribution in [0, 0.1) is 17.2 Å². The Bertz CT molecular complexity index is 773. The molecule has 1 aromatic heterocycles. The monoisotopic (exact) mass is 322 g/mol. The lowest BCUT2D eigenvalue weighted by molar-refractivity contribution is -0.130. The van der Waals surface area contributed by atoms with Crippen molar-refractivity contribution < 1.29 is 4.79 Å². The Balaban J connectivity index is 1.58. The molecule has 124 valence electrons. The van der Waals surface area contributed by atoms with E-state index in [9.17, 15) is 10.1 Å². The van der Waals surface area contributed by atoms with Gasteiger partial charge in [-0.1, -0.05) is 18.2 Å². The number of pyridine rings is 1. The lowest BCUT2D eigenvalue weighted by Crippen LogP contribution is -2.37. The van der Waals surface area contributed by atoms with Crippen molar-refractivity contribution in [2.45, 2.75) is 26.2 Å². The van der Waals surface area contributed by atoms with Gasteiger partial charge in [0.25, 0.3) is 0 Å². The molecular weight excluding hydrogens is 300 g/mol. The predicted molar refractivity (Wildman–Crippen MR) is 94.5 cm³/mol. The molecule has 1 fully saturated rings. The van der Waals surface area contributed by atoms with E-state index < -0.39 is 0 Å². The highest BCUT2D eigenvalue weighted by Gasteiger charge is 2.20. The number of anilines is 1. The molecule has 5 heteroatoms. The summed E-state index contributed by atoms with van der Waals surface area (Å²) >= 11 is 0. The molecule has 0 unspecified atom stereocenters. The third-order valence-electron chi connectivity index (χ3n) is 4.75. The predicted octanol–water partition coefficient (Wildman–Crippen LogP) is 3.17. The summed E-state index contributed by atoms with van der Waals surface area (Å²) in [7, 11) is 0. The van der Waals surface area contributed by atoms with E-state index >= 15 is 0 Å². The first-order valence-corrected chi connectivity index (χ1v) is 8.46. The number of hydrogen-bond donors (Lipinski definition) is 1. The zero-order valence-corrected chi connectivity index (χ0v) is 14.0. The number of piperidine rings is 1. The Labute approximate surface area is 142 Å². The SMILES string of the molecule is CC(=O)N1CCC(CCNc2nc3ccccc3cc2C#N)CC1. The van der Waals surface area contributed by atoms with Crippen LogP contribution in [0.3, 0.4) is 0 Å². The number of carbonyl (C=O) groups excluding carboxylic acids is 1. The number of hydrogen-bond acceptors (Lipinski definition) is 4. The highest BCUT2D eigenvalue weighted by atomic mass is 16.2. The quantitative estimate of drug-likeness (QED) is 0.938. The second-order valence-corrected chi connectivity index (χ2v) is 6.35. The fraction of sp³-hybridized carbons (Fsp3) is 0.421. The highest BCUT2D eigenvalue weighted by molar-refractivity contribution is 5.82. The number of benzene rings is 1. The molecule has 5 nitrogen and oxygen atoms in total. The van der Waals surface area contributed by atoms with Gasteiger partial charge in [-0.2, -0.15) is 5.26 Å². The van der Waals surface area contributed by atoms with Crippen LogP contribution in [0.15, 0.2) is 30.3 Å². The Kier molecular flexibility index (Phi) is 4.95. The highest BCUT2D eigenvalue weighted by Crippen LogP contribution is 2.22. The van der Waals surface area contributed by atoms with Crippen LogP contribution in [-0.4, -0.2) is 35.4 Å². The van der Waals surface area contributed by atoms with Crippen LogP contribution in [0.25, 0.3) is 10.9 Å². The van der Waals surface area contributed by atoms with Crippen LogP contribution in [0.1, 0.15) is 31.7 Å². The summed E-state index contributed by atoms with van der Waals surface area (Å²) in [5.74, 6) is 1.46. The average molecular weight is 322 g/mol. The van der Waals surface area contributed by atoms with Crippen molar-refractivity contribution in [3.05, 3.63) is 35.9 Å². The number of nitrogens with one attached hydrogen (secondary N) is 1. The number of para-hydroxylation sites is 1. The molecule has 0 atom stereocenters. The normalized spacial score (nSPS) is 15.2. The Morgan fingerprint density at radius 1 is 1.38 bits per heavy atom. The van der Waals surface area contributed by atoms with E-state index in [0.717, 1.165) is 49.8 Å². The van der Waals surface area contributed by atoms with Gasteiger partial charge in [0.05, 0.1) is 11.1 Å². The number of rotatable bonds is 4. The van der Waals surface area contributed by atoms with Crippen molar-refractivity contribution in [1.82, 2.24) is 9.88 Å². The number of fused-ring (bicyclic) bond motifs is 1. The smallest absolute Gasteiger partial charge is 0.219 e. The van der Waals surface area contributed by atoms with Crippen molar-refractivity contribution in [3.8, 4) is 6.07 Å². The van der Waals surface area contributed by atoms with Crippen molar-refractivity contribution in [2.24, 2.45) is 5.92 Å². The summed E-state index contributed by atoms with van der Waals surface area (Å²) in [6, 6.07) is 11.9. The van der Waals surface area contributed by atoms with E-state index in [0.29, 0.717) is 17.3 Å². The molecule has 0 aliphatic carbocycles. The third kappa shape index (κ3) is 3.65. The first kappa shape index (κ1) is 16.3. The number of likely N-dealkylation sites (tertiary alicyclic amines) is 1. The molecule has 0 saturated carbocycles. The Morgan fingerprint density at radius 2 is 2.12 bits per heavy atom. The molecule has 24 heavy (non-hydrogen) atoms. The zero-order valence-electron chi connectivity index (χ0n) is 14.0. The van der Waals surface area contributed by atoms with Gasteiger partial charge in [-0.05, 0) is 37.3 Å². The lowest BCUT2D eigenvalue weighted by atomic mass is 9.93. The molecule has 0 bridgehead atoms. The van der Waals surface area contributed by atoms with Gasteiger partial charge >= 0.3 is 0 Å². The van der Waals surface area contributed by atoms with Gasteiger partial charge < -0.3 is 10.2 Å². The van der Waals surface area contributed by atoms with Crippen molar-refractivity contribution in [3.63, 3.8) is 0 Å². The molecular formula is C19H22N4O. The maximum atomic E-state index is 11.4. The van der Waals surface area contributed by atoms with Gasteiger partial charge in [0.1, 0.15) is 11.9 Å². The summed E-state index contributed by atoms with van der Waals surface area (Å²) < 4.78 is 0. The number of nitrogens with zero attached hydrogens (tertiary/aromatic N) is 3. The van der Waals surface area contributed by atoms with E-state index in [-0.39, 0.29) is 5.91 Å². The summed E-state index contributed by atoms with van der Waals surface area (Å²) in [5.41, 5.74) is 1.48. The number of aromatic nitrogens is 1. The minimum atomic E-state index is 0.172. The van der Waals surface area contributed by atoms with Gasteiger partial charge in [0.15, 0.2) is 0 Å². The number of nitriles is 1. The van der Waals surface area contributed by atoms with Crippen LogP contribution in [0.5, 0.6) is 0 Å². The molecule has 2 heterocycles. The summed E-state index contributed by atoms with van der Waals surface area (Å²) in [6.07, 6.45) is 3.14. The van der Waals surface area contributed by atoms with Gasteiger partial charge in [-0.15, -0.1) is 0 Å². The van der Waals surface area contributed by atoms with Crippen LogP contribution >= 0.6 is 0 Å². The molecule has 1 N–H and O–H groups in total. The first-order valence-electron chi connectivity index (χ1n) is 8.46. The summed E-state index contributed by atoms with van der Waals surface area (Å²) in [4.78, 5) is 17.9. The molecule has 1 saturated heterocycles. The zero-order chi connectivity index (χ0) is 16.9. The minimum absolute atomic E-state index is 0.172. The van der Waals surface area contributed by atoms with E-state index in [1.54, 1.807) is 6.92 Å². The van der Waals surface area contributed by atoms with Crippen molar-refractivity contribution in [1.29, 1.82) is 5.26 Å². The van der Waals surface area contributed by atoms with E-state index in [1.165, 1.54) is 0 Å². The number of amides is 1. The summed E-state index contributed by atoms with van der Waals surface area (Å²) in [6.45, 7) is 4.15. The number of carbonyl (C=O) groups is 1. The Hall–Kier alpha value is -2.61. The Morgan fingerprint density at radius 3 is 2.83 bits per heavy atom. The second-order valence-electron chi connectivity index (χ2n) is 6.35. The summed E-state index contributed by atoms with van der Waals surface area (Å²) in [5, 5.41) is 13.6. The maximum Gasteiger partial charge on any atom is 0.219 e. The van der Waals surface area contributed by atoms with Crippen molar-refractivity contribution >= 4 is 22.6 Å². The molecule has 1 aliphatic heterocycles. The molecule has 1 amide bonds. The van der Waals surface area contributed by atoms with Crippen LogP contribution < -0.4 is 5.32 Å². The van der Waals surface area contributed by atoms with E-state index in [4.69, 9.17) is 0 Å². The lowest BCUT2D eigenvalue weighted by Gasteiger charge is -2.31. The molecule has 2 aromatic rings. The molecule has 0 spiro atoms. The second kappa shape index (κ2) is 7.31. The third-order valence-corrected chi connectivity index (χ3v) is 4.75. The van der Waals surface area contributed by atoms with Gasteiger partial charge in [0.2, 0.25) is 5.91 Å². The molecule has 0 radical (unpaired) electrons. The van der Waals surface area contributed by atoms with Crippen LogP contribution in [-0.2, 0) is 4.79 Å². The fourth-order valence-electron chi connectivity index (χ4n) is 3.27. The van der Waals surface area contributed by atoms with E-state index in [2.05, 4.69) is 16.4 Å². The largest absolute Gasteiger partial charge is 0.369 e. The minimum Gasteiger partial charge on any atom is -0.369 e. The topological polar surface area (TPSA) is 69.0 Å². The van der Waals surface area contributed by atoms with E-state index in [1.807, 2.05) is 35.2 Å². The van der Waals surface area contributed by atoms with Gasteiger partial charge in [-0.3, -0.25) is 4.79 Å². The van der Waals surface area contributed by atoms with Crippen LogP contribution in [0.2, 0.25) is 0 Å². The fourth-order valence-corrected chi connectivity index (χ4v) is 3.27. The molecule has 1 aromatic carbocycles. The van der Waals surface area contributed by atoms with Gasteiger partial charge in [0, 0.05) is 31.9 Å².